The Hall–Kier alpha value is -0.730. The van der Waals surface area contributed by atoms with Gasteiger partial charge in [-0.3, -0.25) is 4.90 Å². The van der Waals surface area contributed by atoms with Crippen molar-refractivity contribution in [2.75, 3.05) is 31.3 Å². The third-order valence-electron chi connectivity index (χ3n) is 1.73. The van der Waals surface area contributed by atoms with Gasteiger partial charge >= 0.3 is 0 Å². The molecule has 0 aliphatic carbocycles. The molecule has 15 heavy (non-hydrogen) atoms. The van der Waals surface area contributed by atoms with E-state index in [4.69, 9.17) is 5.73 Å². The quantitative estimate of drug-likeness (QED) is 0.764. The highest BCUT2D eigenvalue weighted by molar-refractivity contribution is 7.90. The van der Waals surface area contributed by atoms with Gasteiger partial charge in [-0.25, -0.2) is 8.42 Å². The minimum atomic E-state index is -2.91. The van der Waals surface area contributed by atoms with E-state index in [0.717, 1.165) is 5.01 Å². The van der Waals surface area contributed by atoms with Gasteiger partial charge in [0.2, 0.25) is 5.13 Å². The van der Waals surface area contributed by atoms with Crippen LogP contribution in [0.2, 0.25) is 0 Å². The first-order valence-electron chi connectivity index (χ1n) is 4.31. The van der Waals surface area contributed by atoms with E-state index in [2.05, 4.69) is 10.2 Å². The summed E-state index contributed by atoms with van der Waals surface area (Å²) in [5.74, 6) is 0.151. The van der Waals surface area contributed by atoms with E-state index in [1.165, 1.54) is 17.6 Å². The smallest absolute Gasteiger partial charge is 0.203 e. The van der Waals surface area contributed by atoms with Crippen LogP contribution in [0, 0.1) is 0 Å². The van der Waals surface area contributed by atoms with Gasteiger partial charge in [0.05, 0.1) is 12.3 Å². The molecule has 0 aromatic carbocycles. The number of rotatable bonds is 5. The van der Waals surface area contributed by atoms with Gasteiger partial charge in [-0.2, -0.15) is 0 Å². The fourth-order valence-electron chi connectivity index (χ4n) is 0.962. The highest BCUT2D eigenvalue weighted by Crippen LogP contribution is 2.12. The van der Waals surface area contributed by atoms with Crippen molar-refractivity contribution in [3.05, 3.63) is 5.01 Å². The SMILES string of the molecule is CN(CCS(C)(=O)=O)Cc1nnc(N)s1. The largest absolute Gasteiger partial charge is 0.374 e. The van der Waals surface area contributed by atoms with Gasteiger partial charge < -0.3 is 5.73 Å². The number of hydrogen-bond donors (Lipinski definition) is 1. The van der Waals surface area contributed by atoms with Crippen molar-refractivity contribution in [1.29, 1.82) is 0 Å². The predicted octanol–water partition coefficient (Wildman–Crippen LogP) is -0.403. The van der Waals surface area contributed by atoms with Crippen molar-refractivity contribution in [2.24, 2.45) is 0 Å². The van der Waals surface area contributed by atoms with Crippen LogP contribution in [0.3, 0.4) is 0 Å². The minimum Gasteiger partial charge on any atom is -0.374 e. The molecule has 0 aliphatic heterocycles. The maximum atomic E-state index is 10.9. The average Bonchev–Trinajstić information content (AvgIpc) is 2.47. The third-order valence-corrected chi connectivity index (χ3v) is 3.39. The zero-order chi connectivity index (χ0) is 11.5. The summed E-state index contributed by atoms with van der Waals surface area (Å²) in [6.07, 6.45) is 1.23. The number of anilines is 1. The van der Waals surface area contributed by atoms with E-state index in [-0.39, 0.29) is 5.75 Å². The number of nitrogens with zero attached hydrogens (tertiary/aromatic N) is 3. The van der Waals surface area contributed by atoms with Crippen molar-refractivity contribution in [2.45, 2.75) is 6.54 Å². The van der Waals surface area contributed by atoms with E-state index in [1.807, 2.05) is 11.9 Å². The third kappa shape index (κ3) is 5.05. The first-order valence-corrected chi connectivity index (χ1v) is 7.18. The van der Waals surface area contributed by atoms with Crippen LogP contribution >= 0.6 is 11.3 Å². The van der Waals surface area contributed by atoms with E-state index in [9.17, 15) is 8.42 Å². The van der Waals surface area contributed by atoms with Gasteiger partial charge in [0, 0.05) is 12.8 Å². The zero-order valence-electron chi connectivity index (χ0n) is 8.67. The summed E-state index contributed by atoms with van der Waals surface area (Å²) in [7, 11) is -1.07. The van der Waals surface area contributed by atoms with Crippen molar-refractivity contribution < 1.29 is 8.42 Å². The molecule has 1 aromatic rings. The molecule has 0 bridgehead atoms. The standard InChI is InChI=1S/C7H14N4O2S2/c1-11(3-4-15(2,12)13)5-6-9-10-7(8)14-6/h3-5H2,1-2H3,(H2,8,10). The van der Waals surface area contributed by atoms with Crippen LogP contribution in [-0.4, -0.2) is 49.1 Å². The second-order valence-corrected chi connectivity index (χ2v) is 6.76. The molecule has 86 valence electrons. The van der Waals surface area contributed by atoms with Crippen LogP contribution < -0.4 is 5.73 Å². The lowest BCUT2D eigenvalue weighted by Gasteiger charge is -2.13. The molecular weight excluding hydrogens is 236 g/mol. The van der Waals surface area contributed by atoms with Crippen LogP contribution in [0.15, 0.2) is 0 Å². The molecule has 2 N–H and O–H groups in total. The van der Waals surface area contributed by atoms with Gasteiger partial charge in [0.1, 0.15) is 14.8 Å². The van der Waals surface area contributed by atoms with Gasteiger partial charge in [-0.15, -0.1) is 10.2 Å². The highest BCUT2D eigenvalue weighted by Gasteiger charge is 2.08. The summed E-state index contributed by atoms with van der Waals surface area (Å²) in [6, 6.07) is 0. The summed E-state index contributed by atoms with van der Waals surface area (Å²) in [5, 5.41) is 8.76. The molecular formula is C7H14N4O2S2. The fraction of sp³-hybridized carbons (Fsp3) is 0.714. The molecule has 8 heteroatoms. The van der Waals surface area contributed by atoms with Crippen LogP contribution in [0.25, 0.3) is 0 Å². The van der Waals surface area contributed by atoms with Crippen molar-refractivity contribution in [1.82, 2.24) is 15.1 Å². The molecule has 0 radical (unpaired) electrons. The number of sulfone groups is 1. The molecule has 0 amide bonds. The van der Waals surface area contributed by atoms with Crippen LogP contribution in [0.5, 0.6) is 0 Å². The highest BCUT2D eigenvalue weighted by atomic mass is 32.2. The molecule has 0 aliphatic rings. The van der Waals surface area contributed by atoms with Gasteiger partial charge in [0.25, 0.3) is 0 Å². The number of nitrogens with two attached hydrogens (primary N) is 1. The Labute approximate surface area is 93.0 Å². The Bertz CT molecular complexity index is 414. The molecule has 1 aromatic heterocycles. The molecule has 0 saturated heterocycles. The lowest BCUT2D eigenvalue weighted by molar-refractivity contribution is 0.344. The first-order chi connectivity index (χ1) is 6.87. The second-order valence-electron chi connectivity index (χ2n) is 3.40. The van der Waals surface area contributed by atoms with E-state index in [0.29, 0.717) is 18.2 Å². The maximum absolute atomic E-state index is 10.9. The van der Waals surface area contributed by atoms with E-state index >= 15 is 0 Å². The summed E-state index contributed by atoms with van der Waals surface area (Å²) < 4.78 is 21.8. The fourth-order valence-corrected chi connectivity index (χ4v) is 2.30. The number of hydrogen-bond acceptors (Lipinski definition) is 7. The van der Waals surface area contributed by atoms with Gasteiger partial charge in [0.15, 0.2) is 0 Å². The number of nitrogen functional groups attached to an aromatic ring is 1. The van der Waals surface area contributed by atoms with E-state index in [1.54, 1.807) is 0 Å². The summed E-state index contributed by atoms with van der Waals surface area (Å²) in [4.78, 5) is 1.88. The summed E-state index contributed by atoms with van der Waals surface area (Å²) in [5.41, 5.74) is 5.43. The second kappa shape index (κ2) is 4.86. The monoisotopic (exact) mass is 250 g/mol. The summed E-state index contributed by atoms with van der Waals surface area (Å²) >= 11 is 1.31. The topological polar surface area (TPSA) is 89.2 Å². The normalized spacial score (nSPS) is 12.2. The maximum Gasteiger partial charge on any atom is 0.203 e. The lowest BCUT2D eigenvalue weighted by Crippen LogP contribution is -2.24. The van der Waals surface area contributed by atoms with Crippen LogP contribution in [0.4, 0.5) is 5.13 Å². The minimum absolute atomic E-state index is 0.151. The van der Waals surface area contributed by atoms with Crippen molar-refractivity contribution >= 4 is 26.3 Å². The van der Waals surface area contributed by atoms with Crippen molar-refractivity contribution in [3.8, 4) is 0 Å². The molecule has 0 saturated carbocycles. The Morgan fingerprint density at radius 2 is 2.13 bits per heavy atom. The Kier molecular flexibility index (Phi) is 4.00. The van der Waals surface area contributed by atoms with E-state index < -0.39 is 9.84 Å². The summed E-state index contributed by atoms with van der Waals surface area (Å²) in [6.45, 7) is 1.06. The molecule has 1 heterocycles. The average molecular weight is 250 g/mol. The van der Waals surface area contributed by atoms with Crippen LogP contribution in [0.1, 0.15) is 5.01 Å². The van der Waals surface area contributed by atoms with Gasteiger partial charge in [-0.05, 0) is 7.05 Å². The molecule has 0 spiro atoms. The van der Waals surface area contributed by atoms with Crippen LogP contribution in [-0.2, 0) is 16.4 Å². The Morgan fingerprint density at radius 1 is 1.47 bits per heavy atom. The first kappa shape index (κ1) is 12.3. The van der Waals surface area contributed by atoms with Gasteiger partial charge in [-0.1, -0.05) is 11.3 Å². The Balaban J connectivity index is 2.40. The molecule has 0 atom stereocenters. The zero-order valence-corrected chi connectivity index (χ0v) is 10.3. The Morgan fingerprint density at radius 3 is 2.60 bits per heavy atom. The number of aromatic nitrogens is 2. The molecule has 0 fully saturated rings. The lowest BCUT2D eigenvalue weighted by atomic mass is 10.5. The molecule has 6 nitrogen and oxygen atoms in total. The molecule has 0 unspecified atom stereocenters. The predicted molar refractivity (Wildman–Crippen MR) is 60.4 cm³/mol. The van der Waals surface area contributed by atoms with Crippen molar-refractivity contribution in [3.63, 3.8) is 0 Å². The molecule has 1 rings (SSSR count).